The number of nitrogens with one attached hydrogen (secondary N) is 1. The van der Waals surface area contributed by atoms with E-state index in [1.54, 1.807) is 12.1 Å². The minimum Gasteiger partial charge on any atom is -0.377 e. The van der Waals surface area contributed by atoms with Gasteiger partial charge in [0.1, 0.15) is 12.1 Å². The lowest BCUT2D eigenvalue weighted by atomic mass is 10.2. The van der Waals surface area contributed by atoms with Gasteiger partial charge in [0.2, 0.25) is 0 Å². The fourth-order valence-corrected chi connectivity index (χ4v) is 1.58. The number of hydrogen-bond acceptors (Lipinski definition) is 5. The van der Waals surface area contributed by atoms with Crippen LogP contribution >= 0.6 is 0 Å². The zero-order valence-electron chi connectivity index (χ0n) is 8.88. The maximum atomic E-state index is 13.6. The van der Waals surface area contributed by atoms with Crippen LogP contribution in [0.2, 0.25) is 0 Å². The molecule has 1 fully saturated rings. The van der Waals surface area contributed by atoms with E-state index in [1.807, 2.05) is 0 Å². The molecular weight excluding hydrogens is 225 g/mol. The summed E-state index contributed by atoms with van der Waals surface area (Å²) in [5.41, 5.74) is 1.14. The minimum atomic E-state index is -0.297. The number of hydrogen-bond donors (Lipinski definition) is 1. The van der Waals surface area contributed by atoms with Gasteiger partial charge in [-0.25, -0.2) is 9.07 Å². The van der Waals surface area contributed by atoms with Gasteiger partial charge < -0.3 is 10.1 Å². The molecule has 1 aromatic heterocycles. The summed E-state index contributed by atoms with van der Waals surface area (Å²) in [6.45, 7) is 1.21. The second-order valence-corrected chi connectivity index (χ2v) is 3.80. The Bertz CT molecular complexity index is 511. The molecule has 7 heteroatoms. The standard InChI is InChI=1S/C10H10FN5O/c11-9-2-1-8(16-6-12-14-15-16)3-10(9)13-7-4-17-5-7/h1-3,6-7,13H,4-5H2. The number of nitrogens with zero attached hydrogens (tertiary/aromatic N) is 4. The van der Waals surface area contributed by atoms with Crippen LogP contribution in [0.5, 0.6) is 0 Å². The first kappa shape index (κ1) is 10.2. The summed E-state index contributed by atoms with van der Waals surface area (Å²) in [4.78, 5) is 0. The Morgan fingerprint density at radius 1 is 1.41 bits per heavy atom. The first-order valence-electron chi connectivity index (χ1n) is 5.20. The van der Waals surface area contributed by atoms with Gasteiger partial charge in [-0.1, -0.05) is 0 Å². The van der Waals surface area contributed by atoms with Crippen LogP contribution in [-0.4, -0.2) is 39.5 Å². The zero-order valence-corrected chi connectivity index (χ0v) is 8.88. The van der Waals surface area contributed by atoms with Gasteiger partial charge in [0, 0.05) is 0 Å². The lowest BCUT2D eigenvalue weighted by Crippen LogP contribution is -2.40. The van der Waals surface area contributed by atoms with Crippen LogP contribution in [0.25, 0.3) is 5.69 Å². The van der Waals surface area contributed by atoms with Crippen LogP contribution in [0.1, 0.15) is 0 Å². The van der Waals surface area contributed by atoms with E-state index < -0.39 is 0 Å². The summed E-state index contributed by atoms with van der Waals surface area (Å²) in [6, 6.07) is 4.85. The molecule has 0 atom stereocenters. The average Bonchev–Trinajstić information content (AvgIpc) is 2.79. The summed E-state index contributed by atoms with van der Waals surface area (Å²) >= 11 is 0. The van der Waals surface area contributed by atoms with Crippen molar-refractivity contribution in [3.8, 4) is 5.69 Å². The SMILES string of the molecule is Fc1ccc(-n2cnnn2)cc1NC1COC1. The van der Waals surface area contributed by atoms with Gasteiger partial charge in [-0.05, 0) is 28.6 Å². The summed E-state index contributed by atoms with van der Waals surface area (Å²) in [5.74, 6) is -0.297. The summed E-state index contributed by atoms with van der Waals surface area (Å²) in [7, 11) is 0. The van der Waals surface area contributed by atoms with Crippen molar-refractivity contribution < 1.29 is 9.13 Å². The van der Waals surface area contributed by atoms with Crippen molar-refractivity contribution in [2.45, 2.75) is 6.04 Å². The van der Waals surface area contributed by atoms with Crippen LogP contribution in [-0.2, 0) is 4.74 Å². The van der Waals surface area contributed by atoms with Gasteiger partial charge >= 0.3 is 0 Å². The van der Waals surface area contributed by atoms with Gasteiger partial charge in [-0.2, -0.15) is 0 Å². The maximum Gasteiger partial charge on any atom is 0.146 e. The fraction of sp³-hybridized carbons (Fsp3) is 0.300. The molecule has 0 spiro atoms. The normalized spacial score (nSPS) is 15.6. The molecule has 1 aliphatic rings. The molecule has 1 saturated heterocycles. The lowest BCUT2D eigenvalue weighted by molar-refractivity contribution is 0.0210. The third-order valence-corrected chi connectivity index (χ3v) is 2.56. The van der Waals surface area contributed by atoms with Crippen molar-refractivity contribution in [1.82, 2.24) is 20.2 Å². The Kier molecular flexibility index (Phi) is 2.45. The first-order valence-corrected chi connectivity index (χ1v) is 5.20. The summed E-state index contributed by atoms with van der Waals surface area (Å²) < 4.78 is 20.1. The molecule has 1 aromatic carbocycles. The van der Waals surface area contributed by atoms with Crippen molar-refractivity contribution in [1.29, 1.82) is 0 Å². The van der Waals surface area contributed by atoms with E-state index in [2.05, 4.69) is 20.8 Å². The third kappa shape index (κ3) is 1.96. The van der Waals surface area contributed by atoms with E-state index in [0.29, 0.717) is 24.6 Å². The third-order valence-electron chi connectivity index (χ3n) is 2.56. The second kappa shape index (κ2) is 4.10. The maximum absolute atomic E-state index is 13.6. The number of ether oxygens (including phenoxy) is 1. The minimum absolute atomic E-state index is 0.175. The molecule has 2 heterocycles. The Labute approximate surface area is 96.4 Å². The summed E-state index contributed by atoms with van der Waals surface area (Å²) in [5, 5.41) is 13.9. The molecular formula is C10H10FN5O. The highest BCUT2D eigenvalue weighted by Crippen LogP contribution is 2.20. The molecule has 2 aromatic rings. The van der Waals surface area contributed by atoms with Crippen LogP contribution in [0.3, 0.4) is 0 Å². The molecule has 0 saturated carbocycles. The van der Waals surface area contributed by atoms with Crippen LogP contribution < -0.4 is 5.32 Å². The molecule has 0 amide bonds. The van der Waals surface area contributed by atoms with Crippen molar-refractivity contribution >= 4 is 5.69 Å². The number of halogens is 1. The van der Waals surface area contributed by atoms with Gasteiger partial charge in [0.05, 0.1) is 30.6 Å². The Hall–Kier alpha value is -2.02. The number of anilines is 1. The molecule has 1 N–H and O–H groups in total. The van der Waals surface area contributed by atoms with Crippen LogP contribution in [0, 0.1) is 5.82 Å². The van der Waals surface area contributed by atoms with Crippen molar-refractivity contribution in [2.75, 3.05) is 18.5 Å². The second-order valence-electron chi connectivity index (χ2n) is 3.80. The molecule has 6 nitrogen and oxygen atoms in total. The van der Waals surface area contributed by atoms with E-state index in [1.165, 1.54) is 17.1 Å². The van der Waals surface area contributed by atoms with E-state index >= 15 is 0 Å². The highest BCUT2D eigenvalue weighted by molar-refractivity contribution is 5.52. The predicted octanol–water partition coefficient (Wildman–Crippen LogP) is 0.612. The molecule has 0 bridgehead atoms. The van der Waals surface area contributed by atoms with Crippen LogP contribution in [0.15, 0.2) is 24.5 Å². The average molecular weight is 235 g/mol. The van der Waals surface area contributed by atoms with Crippen molar-refractivity contribution in [3.63, 3.8) is 0 Å². The quantitative estimate of drug-likeness (QED) is 0.844. The monoisotopic (exact) mass is 235 g/mol. The fourth-order valence-electron chi connectivity index (χ4n) is 1.58. The van der Waals surface area contributed by atoms with Crippen molar-refractivity contribution in [3.05, 3.63) is 30.3 Å². The predicted molar refractivity (Wildman–Crippen MR) is 57.3 cm³/mol. The van der Waals surface area contributed by atoms with E-state index in [4.69, 9.17) is 4.74 Å². The molecule has 0 unspecified atom stereocenters. The summed E-state index contributed by atoms with van der Waals surface area (Å²) in [6.07, 6.45) is 1.46. The zero-order chi connectivity index (χ0) is 11.7. The molecule has 0 aliphatic carbocycles. The topological polar surface area (TPSA) is 64.9 Å². The highest BCUT2D eigenvalue weighted by atomic mass is 19.1. The first-order chi connectivity index (χ1) is 8.33. The Balaban J connectivity index is 1.89. The van der Waals surface area contributed by atoms with Crippen molar-refractivity contribution in [2.24, 2.45) is 0 Å². The number of aromatic nitrogens is 4. The van der Waals surface area contributed by atoms with E-state index in [9.17, 15) is 4.39 Å². The molecule has 88 valence electrons. The van der Waals surface area contributed by atoms with Gasteiger partial charge in [-0.15, -0.1) is 5.10 Å². The van der Waals surface area contributed by atoms with Gasteiger partial charge in [0.15, 0.2) is 0 Å². The molecule has 1 aliphatic heterocycles. The largest absolute Gasteiger partial charge is 0.377 e. The highest BCUT2D eigenvalue weighted by Gasteiger charge is 2.19. The van der Waals surface area contributed by atoms with Gasteiger partial charge in [-0.3, -0.25) is 0 Å². The molecule has 0 radical (unpaired) electrons. The molecule has 3 rings (SSSR count). The lowest BCUT2D eigenvalue weighted by Gasteiger charge is -2.28. The Morgan fingerprint density at radius 3 is 2.94 bits per heavy atom. The number of benzene rings is 1. The smallest absolute Gasteiger partial charge is 0.146 e. The number of rotatable bonds is 3. The van der Waals surface area contributed by atoms with E-state index in [0.717, 1.165) is 0 Å². The number of tetrazole rings is 1. The van der Waals surface area contributed by atoms with Gasteiger partial charge in [0.25, 0.3) is 0 Å². The molecule has 17 heavy (non-hydrogen) atoms. The van der Waals surface area contributed by atoms with Crippen LogP contribution in [0.4, 0.5) is 10.1 Å². The Morgan fingerprint density at radius 2 is 2.29 bits per heavy atom. The van der Waals surface area contributed by atoms with E-state index in [-0.39, 0.29) is 11.9 Å².